The largest absolute Gasteiger partial charge is 0.388 e. The molecule has 2 rings (SSSR count). The van der Waals surface area contributed by atoms with Crippen molar-refractivity contribution in [3.63, 3.8) is 0 Å². The van der Waals surface area contributed by atoms with Gasteiger partial charge in [-0.05, 0) is 56.1 Å². The SMILES string of the molecule is Cc1ccc(NC(=O)CCN(C)CCC(O)c2ccccc2)cc1C. The summed E-state index contributed by atoms with van der Waals surface area (Å²) in [7, 11) is 1.97. The number of aliphatic hydroxyl groups excluding tert-OH is 1. The number of benzene rings is 2. The Balaban J connectivity index is 1.71. The molecule has 0 heterocycles. The Bertz CT molecular complexity index is 686. The van der Waals surface area contributed by atoms with Crippen LogP contribution in [0.25, 0.3) is 0 Å². The Morgan fingerprint density at radius 1 is 1.08 bits per heavy atom. The van der Waals surface area contributed by atoms with Crippen LogP contribution in [0.4, 0.5) is 5.69 Å². The predicted molar refractivity (Wildman–Crippen MR) is 103 cm³/mol. The van der Waals surface area contributed by atoms with E-state index in [0.29, 0.717) is 19.4 Å². The van der Waals surface area contributed by atoms with E-state index in [1.54, 1.807) is 0 Å². The van der Waals surface area contributed by atoms with E-state index in [-0.39, 0.29) is 5.91 Å². The normalized spacial score (nSPS) is 12.2. The molecule has 0 aliphatic carbocycles. The minimum absolute atomic E-state index is 0.0127. The first kappa shape index (κ1) is 19.2. The van der Waals surface area contributed by atoms with Crippen molar-refractivity contribution in [2.45, 2.75) is 32.8 Å². The number of amides is 1. The van der Waals surface area contributed by atoms with E-state index < -0.39 is 6.10 Å². The first-order valence-electron chi connectivity index (χ1n) is 8.74. The molecule has 134 valence electrons. The quantitative estimate of drug-likeness (QED) is 0.770. The zero-order valence-corrected chi connectivity index (χ0v) is 15.3. The van der Waals surface area contributed by atoms with Crippen LogP contribution in [0.5, 0.6) is 0 Å². The molecule has 4 nitrogen and oxygen atoms in total. The Morgan fingerprint density at radius 3 is 2.48 bits per heavy atom. The number of aryl methyl sites for hydroxylation is 2. The van der Waals surface area contributed by atoms with E-state index in [0.717, 1.165) is 17.8 Å². The first-order valence-corrected chi connectivity index (χ1v) is 8.74. The van der Waals surface area contributed by atoms with Gasteiger partial charge in [0.15, 0.2) is 0 Å². The van der Waals surface area contributed by atoms with Crippen LogP contribution in [-0.4, -0.2) is 36.1 Å². The number of rotatable bonds is 8. The van der Waals surface area contributed by atoms with Crippen LogP contribution in [0.2, 0.25) is 0 Å². The second kappa shape index (κ2) is 9.35. The molecule has 0 aliphatic heterocycles. The smallest absolute Gasteiger partial charge is 0.225 e. The van der Waals surface area contributed by atoms with Crippen LogP contribution in [0.15, 0.2) is 48.5 Å². The van der Waals surface area contributed by atoms with Crippen molar-refractivity contribution in [2.75, 3.05) is 25.5 Å². The number of carbonyl (C=O) groups excluding carboxylic acids is 1. The Hall–Kier alpha value is -2.17. The lowest BCUT2D eigenvalue weighted by Gasteiger charge is -2.19. The summed E-state index contributed by atoms with van der Waals surface area (Å²) in [5, 5.41) is 13.1. The molecule has 0 fully saturated rings. The zero-order valence-electron chi connectivity index (χ0n) is 15.3. The molecule has 2 N–H and O–H groups in total. The topological polar surface area (TPSA) is 52.6 Å². The second-order valence-electron chi connectivity index (χ2n) is 6.62. The maximum absolute atomic E-state index is 12.1. The van der Waals surface area contributed by atoms with Crippen LogP contribution in [0.3, 0.4) is 0 Å². The van der Waals surface area contributed by atoms with Gasteiger partial charge in [0, 0.05) is 25.2 Å². The third-order valence-electron chi connectivity index (χ3n) is 4.48. The molecule has 0 radical (unpaired) electrons. The average Bonchev–Trinajstić information content (AvgIpc) is 2.61. The maximum atomic E-state index is 12.1. The number of nitrogens with one attached hydrogen (secondary N) is 1. The van der Waals surface area contributed by atoms with E-state index in [1.807, 2.05) is 62.5 Å². The van der Waals surface area contributed by atoms with Gasteiger partial charge in [-0.15, -0.1) is 0 Å². The first-order chi connectivity index (χ1) is 12.0. The van der Waals surface area contributed by atoms with Gasteiger partial charge >= 0.3 is 0 Å². The third-order valence-corrected chi connectivity index (χ3v) is 4.48. The maximum Gasteiger partial charge on any atom is 0.225 e. The summed E-state index contributed by atoms with van der Waals surface area (Å²) >= 11 is 0. The molecule has 0 spiro atoms. The molecular formula is C21H28N2O2. The van der Waals surface area contributed by atoms with Gasteiger partial charge < -0.3 is 15.3 Å². The van der Waals surface area contributed by atoms with E-state index in [4.69, 9.17) is 0 Å². The molecule has 0 bridgehead atoms. The van der Waals surface area contributed by atoms with Crippen molar-refractivity contribution in [2.24, 2.45) is 0 Å². The number of carbonyl (C=O) groups is 1. The Kier molecular flexibility index (Phi) is 7.16. The van der Waals surface area contributed by atoms with Crippen molar-refractivity contribution in [1.82, 2.24) is 4.90 Å². The Morgan fingerprint density at radius 2 is 1.80 bits per heavy atom. The molecule has 25 heavy (non-hydrogen) atoms. The van der Waals surface area contributed by atoms with Crippen molar-refractivity contribution in [1.29, 1.82) is 0 Å². The number of anilines is 1. The summed E-state index contributed by atoms with van der Waals surface area (Å²) in [6.07, 6.45) is 0.623. The van der Waals surface area contributed by atoms with Crippen LogP contribution >= 0.6 is 0 Å². The molecule has 1 unspecified atom stereocenters. The predicted octanol–water partition coefficient (Wildman–Crippen LogP) is 3.69. The van der Waals surface area contributed by atoms with Crippen LogP contribution in [-0.2, 0) is 4.79 Å². The summed E-state index contributed by atoms with van der Waals surface area (Å²) in [6, 6.07) is 15.6. The highest BCUT2D eigenvalue weighted by Gasteiger charge is 2.10. The van der Waals surface area contributed by atoms with E-state index >= 15 is 0 Å². The highest BCUT2D eigenvalue weighted by Crippen LogP contribution is 2.16. The van der Waals surface area contributed by atoms with Crippen LogP contribution in [0.1, 0.15) is 35.6 Å². The second-order valence-corrected chi connectivity index (χ2v) is 6.62. The molecule has 4 heteroatoms. The van der Waals surface area contributed by atoms with Gasteiger partial charge in [-0.3, -0.25) is 4.79 Å². The minimum atomic E-state index is -0.465. The lowest BCUT2D eigenvalue weighted by Crippen LogP contribution is -2.26. The lowest BCUT2D eigenvalue weighted by molar-refractivity contribution is -0.116. The fourth-order valence-corrected chi connectivity index (χ4v) is 2.63. The van der Waals surface area contributed by atoms with Crippen molar-refractivity contribution >= 4 is 11.6 Å². The Labute approximate surface area is 150 Å². The summed E-state index contributed by atoms with van der Waals surface area (Å²) in [5.74, 6) is 0.0127. The van der Waals surface area contributed by atoms with Gasteiger partial charge in [0.05, 0.1) is 6.10 Å². The van der Waals surface area contributed by atoms with E-state index in [2.05, 4.69) is 17.1 Å². The molecule has 1 atom stereocenters. The van der Waals surface area contributed by atoms with Crippen molar-refractivity contribution < 1.29 is 9.90 Å². The molecule has 0 aliphatic rings. The van der Waals surface area contributed by atoms with Gasteiger partial charge in [0.1, 0.15) is 0 Å². The summed E-state index contributed by atoms with van der Waals surface area (Å²) in [6.45, 7) is 5.50. The van der Waals surface area contributed by atoms with Crippen molar-refractivity contribution in [3.8, 4) is 0 Å². The molecule has 0 saturated heterocycles. The fourth-order valence-electron chi connectivity index (χ4n) is 2.63. The monoisotopic (exact) mass is 340 g/mol. The summed E-state index contributed by atoms with van der Waals surface area (Å²) in [5.41, 5.74) is 4.16. The van der Waals surface area contributed by atoms with Gasteiger partial charge in [-0.1, -0.05) is 36.4 Å². The molecule has 0 aromatic heterocycles. The van der Waals surface area contributed by atoms with Crippen LogP contribution < -0.4 is 5.32 Å². The summed E-state index contributed by atoms with van der Waals surface area (Å²) in [4.78, 5) is 14.2. The minimum Gasteiger partial charge on any atom is -0.388 e. The zero-order chi connectivity index (χ0) is 18.2. The van der Waals surface area contributed by atoms with Gasteiger partial charge in [-0.25, -0.2) is 0 Å². The number of nitrogens with zero attached hydrogens (tertiary/aromatic N) is 1. The van der Waals surface area contributed by atoms with E-state index in [9.17, 15) is 9.90 Å². The lowest BCUT2D eigenvalue weighted by atomic mass is 10.1. The molecular weight excluding hydrogens is 312 g/mol. The molecule has 0 saturated carbocycles. The molecule has 2 aromatic rings. The third kappa shape index (κ3) is 6.33. The number of aliphatic hydroxyl groups is 1. The van der Waals surface area contributed by atoms with E-state index in [1.165, 1.54) is 11.1 Å². The highest BCUT2D eigenvalue weighted by molar-refractivity contribution is 5.90. The number of hydrogen-bond acceptors (Lipinski definition) is 3. The van der Waals surface area contributed by atoms with Gasteiger partial charge in [0.2, 0.25) is 5.91 Å². The standard InChI is InChI=1S/C21H28N2O2/c1-16-9-10-19(15-17(16)2)22-21(25)12-14-23(3)13-11-20(24)18-7-5-4-6-8-18/h4-10,15,20,24H,11-14H2,1-3H3,(H,22,25). The molecule has 2 aromatic carbocycles. The summed E-state index contributed by atoms with van der Waals surface area (Å²) < 4.78 is 0. The molecule has 1 amide bonds. The average molecular weight is 340 g/mol. The highest BCUT2D eigenvalue weighted by atomic mass is 16.3. The number of hydrogen-bond donors (Lipinski definition) is 2. The van der Waals surface area contributed by atoms with Crippen molar-refractivity contribution in [3.05, 3.63) is 65.2 Å². The van der Waals surface area contributed by atoms with Crippen LogP contribution in [0, 0.1) is 13.8 Å². The van der Waals surface area contributed by atoms with Gasteiger partial charge in [0.25, 0.3) is 0 Å². The fraction of sp³-hybridized carbons (Fsp3) is 0.381. The van der Waals surface area contributed by atoms with Gasteiger partial charge in [-0.2, -0.15) is 0 Å².